The Kier molecular flexibility index (Phi) is 3.74. The number of hydrogen-bond donors (Lipinski definition) is 3. The highest BCUT2D eigenvalue weighted by atomic mass is 16.3. The number of benzene rings is 2. The summed E-state index contributed by atoms with van der Waals surface area (Å²) in [7, 11) is 0. The molecule has 120 valence electrons. The minimum atomic E-state index is 0.322. The van der Waals surface area contributed by atoms with Gasteiger partial charge in [0.2, 0.25) is 0 Å². The second kappa shape index (κ2) is 5.89. The molecular formula is C20H23NO2. The molecule has 0 spiro atoms. The summed E-state index contributed by atoms with van der Waals surface area (Å²) < 4.78 is 0. The van der Waals surface area contributed by atoms with E-state index >= 15 is 0 Å². The van der Waals surface area contributed by atoms with Gasteiger partial charge in [-0.05, 0) is 78.5 Å². The van der Waals surface area contributed by atoms with Crippen molar-refractivity contribution in [3.8, 4) is 11.5 Å². The monoisotopic (exact) mass is 309 g/mol. The van der Waals surface area contributed by atoms with Gasteiger partial charge in [0.05, 0.1) is 0 Å². The molecule has 5 rings (SSSR count). The number of phenolic OH excluding ortho intramolecular Hbond substituents is 2. The third kappa shape index (κ3) is 2.93. The second-order valence-corrected chi connectivity index (χ2v) is 7.02. The van der Waals surface area contributed by atoms with E-state index in [4.69, 9.17) is 0 Å². The fourth-order valence-electron chi connectivity index (χ4n) is 4.23. The van der Waals surface area contributed by atoms with E-state index in [0.717, 1.165) is 25.3 Å². The standard InChI is InChI=1S/C20H23NO2/c22-18-6-1-13(2-7-18)12-21-20-16-4-3-15-11-19(23)8-5-14(15)9-17(20)10-16/h1-2,5-8,11,16-17,20-23H,3-4,9-10,12H2. The van der Waals surface area contributed by atoms with Gasteiger partial charge in [-0.3, -0.25) is 0 Å². The minimum Gasteiger partial charge on any atom is -0.508 e. The summed E-state index contributed by atoms with van der Waals surface area (Å²) >= 11 is 0. The van der Waals surface area contributed by atoms with Gasteiger partial charge in [0, 0.05) is 12.6 Å². The van der Waals surface area contributed by atoms with E-state index in [0.29, 0.717) is 23.5 Å². The summed E-state index contributed by atoms with van der Waals surface area (Å²) in [6.45, 7) is 0.861. The van der Waals surface area contributed by atoms with Gasteiger partial charge >= 0.3 is 0 Å². The molecule has 2 aromatic carbocycles. The first-order chi connectivity index (χ1) is 11.2. The van der Waals surface area contributed by atoms with Crippen LogP contribution in [0.4, 0.5) is 0 Å². The normalized spacial score (nSPS) is 25.8. The van der Waals surface area contributed by atoms with Gasteiger partial charge in [0.25, 0.3) is 0 Å². The largest absolute Gasteiger partial charge is 0.508 e. The fraction of sp³-hybridized carbons (Fsp3) is 0.400. The van der Waals surface area contributed by atoms with Crippen molar-refractivity contribution in [2.45, 2.75) is 38.3 Å². The summed E-state index contributed by atoms with van der Waals surface area (Å²) in [5, 5.41) is 22.8. The van der Waals surface area contributed by atoms with Gasteiger partial charge in [-0.25, -0.2) is 0 Å². The highest BCUT2D eigenvalue weighted by Gasteiger charge is 2.41. The molecule has 3 aliphatic carbocycles. The lowest BCUT2D eigenvalue weighted by Gasteiger charge is -2.47. The van der Waals surface area contributed by atoms with Crippen LogP contribution < -0.4 is 5.32 Å². The number of phenols is 2. The Labute approximate surface area is 137 Å². The van der Waals surface area contributed by atoms with Crippen molar-refractivity contribution in [3.63, 3.8) is 0 Å². The summed E-state index contributed by atoms with van der Waals surface area (Å²) in [5.41, 5.74) is 3.95. The highest BCUT2D eigenvalue weighted by Crippen LogP contribution is 2.42. The molecule has 0 saturated heterocycles. The Morgan fingerprint density at radius 1 is 0.913 bits per heavy atom. The number of hydrogen-bond acceptors (Lipinski definition) is 3. The quantitative estimate of drug-likeness (QED) is 0.814. The predicted octanol–water partition coefficient (Wildman–Crippen LogP) is 3.38. The van der Waals surface area contributed by atoms with E-state index < -0.39 is 0 Å². The van der Waals surface area contributed by atoms with Gasteiger partial charge in [-0.1, -0.05) is 18.2 Å². The van der Waals surface area contributed by atoms with Crippen LogP contribution in [0.2, 0.25) is 0 Å². The number of fused-ring (bicyclic) bond motifs is 1. The molecule has 2 bridgehead atoms. The van der Waals surface area contributed by atoms with Crippen LogP contribution in [0.25, 0.3) is 0 Å². The average molecular weight is 309 g/mol. The number of aryl methyl sites for hydroxylation is 1. The van der Waals surface area contributed by atoms with Crippen molar-refractivity contribution in [1.29, 1.82) is 0 Å². The molecule has 0 aromatic heterocycles. The van der Waals surface area contributed by atoms with Crippen molar-refractivity contribution in [1.82, 2.24) is 5.32 Å². The van der Waals surface area contributed by atoms with Gasteiger partial charge in [0.15, 0.2) is 0 Å². The molecule has 3 heteroatoms. The lowest BCUT2D eigenvalue weighted by molar-refractivity contribution is 0.0950. The lowest BCUT2D eigenvalue weighted by Crippen LogP contribution is -2.53. The summed E-state index contributed by atoms with van der Waals surface area (Å²) in [6.07, 6.45) is 4.69. The zero-order valence-electron chi connectivity index (χ0n) is 13.2. The molecule has 23 heavy (non-hydrogen) atoms. The van der Waals surface area contributed by atoms with Crippen molar-refractivity contribution in [2.75, 3.05) is 0 Å². The van der Waals surface area contributed by atoms with Crippen LogP contribution in [0.3, 0.4) is 0 Å². The maximum absolute atomic E-state index is 9.68. The Morgan fingerprint density at radius 2 is 1.70 bits per heavy atom. The van der Waals surface area contributed by atoms with E-state index in [2.05, 4.69) is 11.4 Å². The number of aromatic hydroxyl groups is 2. The van der Waals surface area contributed by atoms with Gasteiger partial charge in [-0.2, -0.15) is 0 Å². The first-order valence-electron chi connectivity index (χ1n) is 8.51. The smallest absolute Gasteiger partial charge is 0.115 e. The van der Waals surface area contributed by atoms with Crippen molar-refractivity contribution in [3.05, 3.63) is 59.2 Å². The number of rotatable bonds is 3. The van der Waals surface area contributed by atoms with Crippen LogP contribution in [-0.2, 0) is 19.4 Å². The SMILES string of the molecule is Oc1ccc(CNC2C3CCc4cc(O)ccc4CC2C3)cc1. The molecule has 0 radical (unpaired) electrons. The van der Waals surface area contributed by atoms with E-state index in [1.165, 1.54) is 29.5 Å². The van der Waals surface area contributed by atoms with E-state index in [9.17, 15) is 10.2 Å². The molecule has 1 fully saturated rings. The molecule has 0 aliphatic heterocycles. The predicted molar refractivity (Wildman–Crippen MR) is 90.5 cm³/mol. The Bertz CT molecular complexity index is 695. The summed E-state index contributed by atoms with van der Waals surface area (Å²) in [6, 6.07) is 13.9. The summed E-state index contributed by atoms with van der Waals surface area (Å²) in [4.78, 5) is 0. The van der Waals surface area contributed by atoms with E-state index in [1.54, 1.807) is 12.1 Å². The van der Waals surface area contributed by atoms with Gasteiger partial charge in [-0.15, -0.1) is 0 Å². The molecule has 3 nitrogen and oxygen atoms in total. The Morgan fingerprint density at radius 3 is 2.52 bits per heavy atom. The topological polar surface area (TPSA) is 52.5 Å². The second-order valence-electron chi connectivity index (χ2n) is 7.02. The molecule has 1 saturated carbocycles. The Balaban J connectivity index is 1.44. The molecule has 0 amide bonds. The average Bonchev–Trinajstić information content (AvgIpc) is 2.50. The van der Waals surface area contributed by atoms with Crippen molar-refractivity contribution < 1.29 is 10.2 Å². The molecular weight excluding hydrogens is 286 g/mol. The first-order valence-corrected chi connectivity index (χ1v) is 8.51. The van der Waals surface area contributed by atoms with E-state index in [-0.39, 0.29) is 0 Å². The van der Waals surface area contributed by atoms with Crippen molar-refractivity contribution in [2.24, 2.45) is 11.8 Å². The van der Waals surface area contributed by atoms with Gasteiger partial charge < -0.3 is 15.5 Å². The molecule has 3 aliphatic rings. The zero-order chi connectivity index (χ0) is 15.8. The lowest BCUT2D eigenvalue weighted by atomic mass is 9.63. The first kappa shape index (κ1) is 14.6. The van der Waals surface area contributed by atoms with Crippen LogP contribution in [0.1, 0.15) is 29.5 Å². The molecule has 3 N–H and O–H groups in total. The van der Waals surface area contributed by atoms with Crippen LogP contribution in [0.5, 0.6) is 11.5 Å². The molecule has 3 atom stereocenters. The zero-order valence-corrected chi connectivity index (χ0v) is 13.2. The number of nitrogens with one attached hydrogen (secondary N) is 1. The van der Waals surface area contributed by atoms with Crippen molar-refractivity contribution >= 4 is 0 Å². The van der Waals surface area contributed by atoms with Crippen LogP contribution in [0.15, 0.2) is 42.5 Å². The molecule has 2 aromatic rings. The Hall–Kier alpha value is -2.00. The van der Waals surface area contributed by atoms with E-state index in [1.807, 2.05) is 24.3 Å². The van der Waals surface area contributed by atoms with Crippen LogP contribution >= 0.6 is 0 Å². The summed E-state index contributed by atoms with van der Waals surface area (Å²) in [5.74, 6) is 2.15. The van der Waals surface area contributed by atoms with Crippen LogP contribution in [0, 0.1) is 11.8 Å². The van der Waals surface area contributed by atoms with Gasteiger partial charge in [0.1, 0.15) is 11.5 Å². The molecule has 0 heterocycles. The van der Waals surface area contributed by atoms with Crippen LogP contribution in [-0.4, -0.2) is 16.3 Å². The third-order valence-corrected chi connectivity index (χ3v) is 5.56. The highest BCUT2D eigenvalue weighted by molar-refractivity contribution is 5.36. The third-order valence-electron chi connectivity index (χ3n) is 5.56. The molecule has 3 unspecified atom stereocenters. The fourth-order valence-corrected chi connectivity index (χ4v) is 4.23. The minimum absolute atomic E-state index is 0.322. The maximum atomic E-state index is 9.68. The maximum Gasteiger partial charge on any atom is 0.115 e.